The Bertz CT molecular complexity index is 3130. The molecule has 3 saturated heterocycles. The van der Waals surface area contributed by atoms with Crippen molar-refractivity contribution in [1.29, 1.82) is 0 Å². The highest BCUT2D eigenvalue weighted by atomic mass is 16.8. The lowest BCUT2D eigenvalue weighted by Crippen LogP contribution is -2.70. The van der Waals surface area contributed by atoms with Gasteiger partial charge in [-0.25, -0.2) is 4.79 Å². The molecule has 28 nitrogen and oxygen atoms in total. The first-order valence-corrected chi connectivity index (χ1v) is 35.5. The van der Waals surface area contributed by atoms with Crippen LogP contribution < -0.4 is 21.3 Å². The van der Waals surface area contributed by atoms with Crippen molar-refractivity contribution in [3.8, 4) is 0 Å². The van der Waals surface area contributed by atoms with Gasteiger partial charge in [0, 0.05) is 66.6 Å². The molecule has 5 fully saturated rings. The maximum Gasteiger partial charge on any atom is 0.335 e. The average molecular weight is 1430 g/mol. The molecule has 11 unspecified atom stereocenters. The van der Waals surface area contributed by atoms with Crippen LogP contribution in [-0.2, 0) is 134 Å². The third kappa shape index (κ3) is 25.4. The van der Waals surface area contributed by atoms with Crippen LogP contribution in [0, 0.1) is 17.8 Å². The predicted octanol–water partition coefficient (Wildman–Crippen LogP) is 5.33. The molecule has 3 aromatic rings. The summed E-state index contributed by atoms with van der Waals surface area (Å²) in [6.07, 6.45) is -10.8. The standard InChI is InChI=1S/C74H102N4O24/c1-8-55-38-56(70(85)76-31-30-75-61(84)29-33-88-35-36-89-34-32-77-71(86)66(93-42-54-27-19-12-20-28-54)59(92-41-53-25-17-11-18-26-53)43-90-40-52-23-15-10-16-24-52)39-57(64(55)102-74-69(97-50(7)83)68(96-49(6)82)63(45(2)94-74)95-48(5)81)99-73-62(78-46(3)79)67-65(60(100-73)44-91-47(4)80)101-72(87)58(98-67)37-51-21-13-9-14-22-51/h10-12,15-20,23-28,45,51,55-60,62-69,73-74H,8-9,13-14,21-22,29-44H2,1-7H3,(H,75,84)(H,76,85)(H,77,86)(H,78,79)/t45?,55-,56?,57?,58-,59-,60+,62?,63?,64?,65?,66+,67?,68?,69?,73-,74?/m1/s1. The molecule has 2 aliphatic carbocycles. The van der Waals surface area contributed by atoms with Crippen molar-refractivity contribution in [3.63, 3.8) is 0 Å². The Kier molecular flexibility index (Phi) is 32.8. The third-order valence-corrected chi connectivity index (χ3v) is 18.3. The molecule has 3 heterocycles. The van der Waals surface area contributed by atoms with Gasteiger partial charge < -0.3 is 92.3 Å². The zero-order valence-electron chi connectivity index (χ0n) is 59.4. The predicted molar refractivity (Wildman–Crippen MR) is 361 cm³/mol. The highest BCUT2D eigenvalue weighted by Crippen LogP contribution is 2.42. The summed E-state index contributed by atoms with van der Waals surface area (Å²) >= 11 is 0. The number of nitrogens with one attached hydrogen (secondary N) is 4. The van der Waals surface area contributed by atoms with Crippen LogP contribution in [0.1, 0.15) is 129 Å². The molecule has 562 valence electrons. The average Bonchev–Trinajstić information content (AvgIpc) is 0.763. The summed E-state index contributed by atoms with van der Waals surface area (Å²) < 4.78 is 92.3. The minimum atomic E-state index is -1.51. The van der Waals surface area contributed by atoms with Gasteiger partial charge in [0.1, 0.15) is 31.0 Å². The number of esters is 5. The number of ether oxygens (including phenoxy) is 15. The molecule has 4 amide bonds. The first-order chi connectivity index (χ1) is 49.2. The lowest BCUT2D eigenvalue weighted by molar-refractivity contribution is -0.344. The Morgan fingerprint density at radius 3 is 1.81 bits per heavy atom. The van der Waals surface area contributed by atoms with E-state index in [0.717, 1.165) is 69.6 Å². The Labute approximate surface area is 595 Å². The van der Waals surface area contributed by atoms with Gasteiger partial charge in [0.25, 0.3) is 5.91 Å². The quantitative estimate of drug-likeness (QED) is 0.0320. The van der Waals surface area contributed by atoms with Crippen LogP contribution in [0.25, 0.3) is 0 Å². The molecular formula is C74H102N4O24. The zero-order chi connectivity index (χ0) is 72.9. The molecule has 3 aromatic carbocycles. The molecule has 0 spiro atoms. The van der Waals surface area contributed by atoms with Crippen LogP contribution >= 0.6 is 0 Å². The first-order valence-electron chi connectivity index (χ1n) is 35.5. The topological polar surface area (TPSA) is 340 Å². The first kappa shape index (κ1) is 80.2. The SMILES string of the molecule is CC[C@@H]1CC(C(=O)NCCNC(=O)CCOCCOCCNC(=O)[C@@H](OCc2ccccc2)[C@@H](COCc2ccccc2)OCc2ccccc2)CC(O[C@@H]2O[C@@H](COC(C)=O)C3OC(=O)[C@@H](CC4CCCCC4)OC3C2NC(C)=O)C1OC1OC(C)C(OC(C)=O)C(OC(C)=O)C1OC(C)=O. The maximum atomic E-state index is 14.4. The summed E-state index contributed by atoms with van der Waals surface area (Å²) in [5, 5.41) is 11.6. The number of hydrogen-bond acceptors (Lipinski definition) is 24. The van der Waals surface area contributed by atoms with Crippen molar-refractivity contribution >= 4 is 53.5 Å². The van der Waals surface area contributed by atoms with E-state index in [9.17, 15) is 43.2 Å². The van der Waals surface area contributed by atoms with E-state index < -0.39 is 158 Å². The molecule has 5 aliphatic rings. The van der Waals surface area contributed by atoms with Crippen molar-refractivity contribution in [2.45, 2.75) is 224 Å². The van der Waals surface area contributed by atoms with E-state index in [-0.39, 0.29) is 97.0 Å². The van der Waals surface area contributed by atoms with E-state index in [1.807, 2.05) is 97.9 Å². The largest absolute Gasteiger partial charge is 0.463 e. The van der Waals surface area contributed by atoms with E-state index in [1.54, 1.807) is 6.92 Å². The Hall–Kier alpha value is -7.51. The molecular weight excluding hydrogens is 1330 g/mol. The molecule has 3 aliphatic heterocycles. The van der Waals surface area contributed by atoms with Gasteiger partial charge in [-0.05, 0) is 54.7 Å². The molecule has 28 heteroatoms. The summed E-state index contributed by atoms with van der Waals surface area (Å²) in [7, 11) is 0. The number of carbonyl (C=O) groups is 9. The van der Waals surface area contributed by atoms with Gasteiger partial charge in [0.05, 0.1) is 71.2 Å². The Balaban J connectivity index is 0.866. The summed E-state index contributed by atoms with van der Waals surface area (Å²) in [5.74, 6) is -6.35. The van der Waals surface area contributed by atoms with Crippen LogP contribution in [0.2, 0.25) is 0 Å². The fourth-order valence-corrected chi connectivity index (χ4v) is 13.5. The van der Waals surface area contributed by atoms with Gasteiger partial charge in [0.15, 0.2) is 49.2 Å². The monoisotopic (exact) mass is 1430 g/mol. The van der Waals surface area contributed by atoms with E-state index in [2.05, 4.69) is 21.3 Å². The fraction of sp³-hybridized carbons (Fsp3) is 0.635. The summed E-state index contributed by atoms with van der Waals surface area (Å²) in [4.78, 5) is 119. The maximum absolute atomic E-state index is 14.4. The van der Waals surface area contributed by atoms with Crippen molar-refractivity contribution in [1.82, 2.24) is 21.3 Å². The van der Waals surface area contributed by atoms with Gasteiger partial charge in [0.2, 0.25) is 17.7 Å². The number of amides is 4. The zero-order valence-corrected chi connectivity index (χ0v) is 59.4. The van der Waals surface area contributed by atoms with E-state index in [4.69, 9.17) is 71.1 Å². The highest BCUT2D eigenvalue weighted by Gasteiger charge is 2.58. The van der Waals surface area contributed by atoms with Gasteiger partial charge in [-0.1, -0.05) is 136 Å². The molecule has 0 bridgehead atoms. The number of carbonyl (C=O) groups excluding carboxylic acids is 9. The number of benzene rings is 3. The summed E-state index contributed by atoms with van der Waals surface area (Å²) in [6, 6.07) is 27.7. The molecule has 17 atom stereocenters. The minimum Gasteiger partial charge on any atom is -0.463 e. The van der Waals surface area contributed by atoms with Crippen LogP contribution in [0.4, 0.5) is 0 Å². The molecule has 4 N–H and O–H groups in total. The Morgan fingerprint density at radius 2 is 1.19 bits per heavy atom. The van der Waals surface area contributed by atoms with Gasteiger partial charge in [-0.2, -0.15) is 0 Å². The molecule has 0 radical (unpaired) electrons. The Morgan fingerprint density at radius 1 is 0.578 bits per heavy atom. The molecule has 102 heavy (non-hydrogen) atoms. The number of fused-ring (bicyclic) bond motifs is 1. The second-order valence-corrected chi connectivity index (χ2v) is 26.3. The van der Waals surface area contributed by atoms with Gasteiger partial charge >= 0.3 is 29.8 Å². The van der Waals surface area contributed by atoms with E-state index >= 15 is 0 Å². The number of hydrogen-bond donors (Lipinski definition) is 4. The van der Waals surface area contributed by atoms with Crippen molar-refractivity contribution in [2.24, 2.45) is 17.8 Å². The summed E-state index contributed by atoms with van der Waals surface area (Å²) in [5.41, 5.74) is 2.78. The second-order valence-electron chi connectivity index (χ2n) is 26.3. The lowest BCUT2D eigenvalue weighted by atomic mass is 9.75. The van der Waals surface area contributed by atoms with Crippen molar-refractivity contribution in [2.75, 3.05) is 59.3 Å². The van der Waals surface area contributed by atoms with E-state index in [0.29, 0.717) is 19.4 Å². The van der Waals surface area contributed by atoms with Crippen LogP contribution in [0.5, 0.6) is 0 Å². The minimum absolute atomic E-state index is 0.00664. The molecule has 8 rings (SSSR count). The van der Waals surface area contributed by atoms with Crippen molar-refractivity contribution < 1.29 is 114 Å². The second kappa shape index (κ2) is 41.7. The van der Waals surface area contributed by atoms with Crippen LogP contribution in [0.3, 0.4) is 0 Å². The smallest absolute Gasteiger partial charge is 0.335 e. The lowest BCUT2D eigenvalue weighted by Gasteiger charge is -2.51. The number of rotatable bonds is 38. The van der Waals surface area contributed by atoms with Crippen molar-refractivity contribution in [3.05, 3.63) is 108 Å². The van der Waals surface area contributed by atoms with Gasteiger partial charge in [-0.3, -0.25) is 38.4 Å². The van der Waals surface area contributed by atoms with Crippen LogP contribution in [-0.4, -0.2) is 205 Å². The van der Waals surface area contributed by atoms with E-state index in [1.165, 1.54) is 13.8 Å². The highest BCUT2D eigenvalue weighted by molar-refractivity contribution is 5.81. The fourth-order valence-electron chi connectivity index (χ4n) is 13.5. The normalized spacial score (nSPS) is 27.0. The molecule has 2 saturated carbocycles. The van der Waals surface area contributed by atoms with Crippen LogP contribution in [0.15, 0.2) is 91.0 Å². The van der Waals surface area contributed by atoms with Gasteiger partial charge in [-0.15, -0.1) is 0 Å². The molecule has 0 aromatic heterocycles. The summed E-state index contributed by atoms with van der Waals surface area (Å²) in [6.45, 7) is 10.6. The third-order valence-electron chi connectivity index (χ3n) is 18.3.